The number of piperidine rings is 1. The summed E-state index contributed by atoms with van der Waals surface area (Å²) in [7, 11) is -1.55. The number of methoxy groups -OCH3 is 1. The number of nitrogens with zero attached hydrogens (tertiary/aromatic N) is 3. The molecule has 0 unspecified atom stereocenters. The number of amides is 1. The van der Waals surface area contributed by atoms with Gasteiger partial charge in [-0.25, -0.2) is 17.7 Å². The Kier molecular flexibility index (Phi) is 8.28. The highest BCUT2D eigenvalue weighted by Gasteiger charge is 2.26. The van der Waals surface area contributed by atoms with E-state index in [9.17, 15) is 13.2 Å². The van der Waals surface area contributed by atoms with E-state index in [1.54, 1.807) is 25.4 Å². The Morgan fingerprint density at radius 1 is 1.13 bits per heavy atom. The molecule has 200 valence electrons. The van der Waals surface area contributed by atoms with Crippen molar-refractivity contribution in [3.05, 3.63) is 72.4 Å². The van der Waals surface area contributed by atoms with Crippen LogP contribution >= 0.6 is 0 Å². The average Bonchev–Trinajstić information content (AvgIpc) is 2.90. The Bertz CT molecular complexity index is 1440. The highest BCUT2D eigenvalue weighted by Crippen LogP contribution is 2.35. The van der Waals surface area contributed by atoms with Crippen molar-refractivity contribution in [2.24, 2.45) is 0 Å². The van der Waals surface area contributed by atoms with E-state index in [0.717, 1.165) is 29.7 Å². The standard InChI is InChI=1S/C27H32N6O4S/c1-5-25(34)29-21-7-6-8-22(16-21)30-26-18(2)17-28-27(32-26)31-23-10-9-20(15-24(23)37-3)19-11-13-33(14-12-19)38(4,35)36/h5-10,15-17,19H,1,11-14H2,2-4H3,(H,29,34)(H2,28,30,31,32). The van der Waals surface area contributed by atoms with E-state index in [1.807, 2.05) is 37.3 Å². The van der Waals surface area contributed by atoms with Crippen molar-refractivity contribution in [2.75, 3.05) is 42.4 Å². The van der Waals surface area contributed by atoms with E-state index in [4.69, 9.17) is 4.74 Å². The van der Waals surface area contributed by atoms with Crippen LogP contribution in [0.25, 0.3) is 0 Å². The highest BCUT2D eigenvalue weighted by atomic mass is 32.2. The molecule has 3 N–H and O–H groups in total. The monoisotopic (exact) mass is 536 g/mol. The van der Waals surface area contributed by atoms with E-state index >= 15 is 0 Å². The molecule has 1 fully saturated rings. The number of aryl methyl sites for hydroxylation is 1. The molecule has 2 heterocycles. The predicted molar refractivity (Wildman–Crippen MR) is 150 cm³/mol. The molecule has 38 heavy (non-hydrogen) atoms. The van der Waals surface area contributed by atoms with Gasteiger partial charge >= 0.3 is 0 Å². The molecule has 10 nitrogen and oxygen atoms in total. The van der Waals surface area contributed by atoms with Gasteiger partial charge in [0.05, 0.1) is 19.1 Å². The lowest BCUT2D eigenvalue weighted by Gasteiger charge is -2.30. The maximum absolute atomic E-state index is 11.8. The zero-order valence-corrected chi connectivity index (χ0v) is 22.5. The Morgan fingerprint density at radius 3 is 2.55 bits per heavy atom. The zero-order chi connectivity index (χ0) is 27.3. The van der Waals surface area contributed by atoms with Crippen LogP contribution < -0.4 is 20.7 Å². The highest BCUT2D eigenvalue weighted by molar-refractivity contribution is 7.88. The Morgan fingerprint density at radius 2 is 1.87 bits per heavy atom. The number of hydrogen-bond donors (Lipinski definition) is 3. The topological polar surface area (TPSA) is 126 Å². The van der Waals surface area contributed by atoms with Crippen molar-refractivity contribution in [3.63, 3.8) is 0 Å². The molecule has 1 aliphatic heterocycles. The van der Waals surface area contributed by atoms with Gasteiger partial charge in [-0.15, -0.1) is 0 Å². The average molecular weight is 537 g/mol. The first kappa shape index (κ1) is 27.1. The van der Waals surface area contributed by atoms with Gasteiger partial charge in [0.25, 0.3) is 0 Å². The third-order valence-corrected chi connectivity index (χ3v) is 7.72. The van der Waals surface area contributed by atoms with Gasteiger partial charge in [-0.3, -0.25) is 4.79 Å². The fraction of sp³-hybridized carbons (Fsp3) is 0.296. The van der Waals surface area contributed by atoms with Gasteiger partial charge in [0.2, 0.25) is 21.9 Å². The van der Waals surface area contributed by atoms with Crippen LogP contribution in [0.15, 0.2) is 61.3 Å². The van der Waals surface area contributed by atoms with Crippen LogP contribution in [-0.4, -0.2) is 55.1 Å². The largest absolute Gasteiger partial charge is 0.495 e. The van der Waals surface area contributed by atoms with E-state index in [1.165, 1.54) is 16.6 Å². The normalized spacial score (nSPS) is 14.5. The molecule has 0 atom stereocenters. The number of sulfonamides is 1. The number of anilines is 5. The predicted octanol–water partition coefficient (Wildman–Crippen LogP) is 4.54. The van der Waals surface area contributed by atoms with Crippen molar-refractivity contribution < 1.29 is 17.9 Å². The third kappa shape index (κ3) is 6.67. The molecule has 11 heteroatoms. The van der Waals surface area contributed by atoms with E-state index in [-0.39, 0.29) is 11.8 Å². The molecule has 0 aliphatic carbocycles. The maximum atomic E-state index is 11.8. The van der Waals surface area contributed by atoms with E-state index < -0.39 is 10.0 Å². The molecule has 2 aromatic carbocycles. The summed E-state index contributed by atoms with van der Waals surface area (Å²) < 4.78 is 30.8. The molecule has 0 spiro atoms. The lowest BCUT2D eigenvalue weighted by Crippen LogP contribution is -2.37. The van der Waals surface area contributed by atoms with Crippen molar-refractivity contribution >= 4 is 44.8 Å². The lowest BCUT2D eigenvalue weighted by molar-refractivity contribution is -0.111. The van der Waals surface area contributed by atoms with Crippen LogP contribution in [0.4, 0.5) is 28.8 Å². The molecule has 0 radical (unpaired) electrons. The number of aromatic nitrogens is 2. The van der Waals surface area contributed by atoms with E-state index in [0.29, 0.717) is 42.0 Å². The fourth-order valence-electron chi connectivity index (χ4n) is 4.34. The zero-order valence-electron chi connectivity index (χ0n) is 21.7. The first-order valence-electron chi connectivity index (χ1n) is 12.2. The summed E-state index contributed by atoms with van der Waals surface area (Å²) in [6.45, 7) is 6.41. The molecule has 0 bridgehead atoms. The van der Waals surface area contributed by atoms with Crippen LogP contribution in [0.3, 0.4) is 0 Å². The van der Waals surface area contributed by atoms with Gasteiger partial charge in [0.1, 0.15) is 11.6 Å². The summed E-state index contributed by atoms with van der Waals surface area (Å²) in [5.74, 6) is 1.63. The van der Waals surface area contributed by atoms with Crippen molar-refractivity contribution in [1.82, 2.24) is 14.3 Å². The number of hydrogen-bond acceptors (Lipinski definition) is 8. The van der Waals surface area contributed by atoms with Gasteiger partial charge in [0.15, 0.2) is 0 Å². The summed E-state index contributed by atoms with van der Waals surface area (Å²) in [5.41, 5.74) is 4.06. The molecule has 1 aliphatic rings. The summed E-state index contributed by atoms with van der Waals surface area (Å²) in [5, 5.41) is 9.26. The lowest BCUT2D eigenvalue weighted by atomic mass is 9.90. The second-order valence-corrected chi connectivity index (χ2v) is 11.1. The van der Waals surface area contributed by atoms with Gasteiger partial charge in [-0.1, -0.05) is 18.7 Å². The van der Waals surface area contributed by atoms with Crippen molar-refractivity contribution in [2.45, 2.75) is 25.7 Å². The molecular formula is C27H32N6O4S. The summed E-state index contributed by atoms with van der Waals surface area (Å²) in [6, 6.07) is 13.2. The number of nitrogens with one attached hydrogen (secondary N) is 3. The number of ether oxygens (including phenoxy) is 1. The summed E-state index contributed by atoms with van der Waals surface area (Å²) >= 11 is 0. The van der Waals surface area contributed by atoms with Gasteiger partial charge in [-0.2, -0.15) is 4.98 Å². The minimum atomic E-state index is -3.16. The van der Waals surface area contributed by atoms with Gasteiger partial charge in [0, 0.05) is 36.2 Å². The SMILES string of the molecule is C=CC(=O)Nc1cccc(Nc2nc(Nc3ccc(C4CCN(S(C)(=O)=O)CC4)cc3OC)ncc2C)c1. The second-order valence-electron chi connectivity index (χ2n) is 9.15. The number of rotatable bonds is 9. The number of carbonyl (C=O) groups is 1. The number of carbonyl (C=O) groups excluding carboxylic acids is 1. The smallest absolute Gasteiger partial charge is 0.247 e. The Balaban J connectivity index is 1.48. The number of benzene rings is 2. The van der Waals surface area contributed by atoms with Crippen molar-refractivity contribution in [3.8, 4) is 5.75 Å². The third-order valence-electron chi connectivity index (χ3n) is 6.42. The first-order valence-corrected chi connectivity index (χ1v) is 14.1. The molecule has 4 rings (SSSR count). The van der Waals surface area contributed by atoms with Crippen LogP contribution in [0, 0.1) is 6.92 Å². The molecule has 1 saturated heterocycles. The Hall–Kier alpha value is -3.96. The van der Waals surface area contributed by atoms with E-state index in [2.05, 4.69) is 32.5 Å². The fourth-order valence-corrected chi connectivity index (χ4v) is 5.21. The maximum Gasteiger partial charge on any atom is 0.247 e. The molecule has 3 aromatic rings. The minimum absolute atomic E-state index is 0.259. The summed E-state index contributed by atoms with van der Waals surface area (Å²) in [6.07, 6.45) is 5.72. The Labute approximate surface area is 223 Å². The summed E-state index contributed by atoms with van der Waals surface area (Å²) in [4.78, 5) is 20.7. The molecule has 1 amide bonds. The minimum Gasteiger partial charge on any atom is -0.495 e. The van der Waals surface area contributed by atoms with Gasteiger partial charge in [-0.05, 0) is 67.7 Å². The van der Waals surface area contributed by atoms with Crippen LogP contribution in [-0.2, 0) is 14.8 Å². The second kappa shape index (κ2) is 11.6. The first-order chi connectivity index (χ1) is 18.2. The van der Waals surface area contributed by atoms with Gasteiger partial charge < -0.3 is 20.7 Å². The molecule has 0 saturated carbocycles. The van der Waals surface area contributed by atoms with Crippen molar-refractivity contribution in [1.29, 1.82) is 0 Å². The van der Waals surface area contributed by atoms with Crippen LogP contribution in [0.2, 0.25) is 0 Å². The molecular weight excluding hydrogens is 504 g/mol. The van der Waals surface area contributed by atoms with Crippen LogP contribution in [0.1, 0.15) is 29.9 Å². The van der Waals surface area contributed by atoms with Crippen LogP contribution in [0.5, 0.6) is 5.75 Å². The molecule has 1 aromatic heterocycles. The quantitative estimate of drug-likeness (QED) is 0.340.